The summed E-state index contributed by atoms with van der Waals surface area (Å²) in [4.78, 5) is 4.08. The molecule has 0 saturated carbocycles. The first-order valence-corrected chi connectivity index (χ1v) is 4.96. The van der Waals surface area contributed by atoms with Gasteiger partial charge in [0.2, 0.25) is 5.15 Å². The zero-order valence-corrected chi connectivity index (χ0v) is 8.84. The lowest BCUT2D eigenvalue weighted by molar-refractivity contribution is 0.461. The van der Waals surface area contributed by atoms with E-state index < -0.39 is 0 Å². The van der Waals surface area contributed by atoms with Crippen molar-refractivity contribution in [1.29, 1.82) is 0 Å². The lowest BCUT2D eigenvalue weighted by Gasteiger charge is -2.03. The second-order valence-corrected chi connectivity index (χ2v) is 3.44. The van der Waals surface area contributed by atoms with Crippen molar-refractivity contribution < 1.29 is 4.74 Å². The fourth-order valence-corrected chi connectivity index (χ4v) is 1.52. The number of aryl methyl sites for hydroxylation is 1. The van der Waals surface area contributed by atoms with Gasteiger partial charge in [0.25, 0.3) is 5.88 Å². The Labute approximate surface area is 89.9 Å². The summed E-state index contributed by atoms with van der Waals surface area (Å²) in [5, 5.41) is 0.276. The second-order valence-electron chi connectivity index (χ2n) is 2.55. The topological polar surface area (TPSA) is 47.9 Å². The van der Waals surface area contributed by atoms with Crippen molar-refractivity contribution in [2.24, 2.45) is 0 Å². The summed E-state index contributed by atoms with van der Waals surface area (Å²) in [5.74, 6) is 0.967. The maximum absolute atomic E-state index is 5.73. The highest BCUT2D eigenvalue weighted by atomic mass is 35.5. The molecular weight excluding hydrogens is 222 g/mol. The molecule has 6 heteroatoms. The first-order chi connectivity index (χ1) is 6.77. The minimum Gasteiger partial charge on any atom is -0.434 e. The zero-order chi connectivity index (χ0) is 9.97. The van der Waals surface area contributed by atoms with Gasteiger partial charge in [0, 0.05) is 6.20 Å². The molecule has 0 radical (unpaired) electrons. The maximum Gasteiger partial charge on any atom is 0.270 e. The van der Waals surface area contributed by atoms with Gasteiger partial charge in [0.05, 0.1) is 17.4 Å². The third-order valence-corrected chi connectivity index (χ3v) is 2.44. The van der Waals surface area contributed by atoms with Crippen LogP contribution in [-0.2, 0) is 0 Å². The zero-order valence-electron chi connectivity index (χ0n) is 7.27. The van der Waals surface area contributed by atoms with Gasteiger partial charge in [-0.3, -0.25) is 4.98 Å². The highest BCUT2D eigenvalue weighted by molar-refractivity contribution is 6.99. The number of aromatic nitrogens is 3. The number of nitrogens with zero attached hydrogens (tertiary/aromatic N) is 3. The van der Waals surface area contributed by atoms with E-state index in [-0.39, 0.29) is 5.15 Å². The lowest BCUT2D eigenvalue weighted by atomic mass is 10.3. The molecule has 0 unspecified atom stereocenters. The smallest absolute Gasteiger partial charge is 0.270 e. The van der Waals surface area contributed by atoms with Crippen LogP contribution < -0.4 is 4.74 Å². The van der Waals surface area contributed by atoms with Gasteiger partial charge < -0.3 is 4.74 Å². The van der Waals surface area contributed by atoms with Crippen molar-refractivity contribution in [3.05, 3.63) is 29.2 Å². The van der Waals surface area contributed by atoms with E-state index in [0.717, 1.165) is 17.4 Å². The van der Waals surface area contributed by atoms with Crippen LogP contribution in [0.25, 0.3) is 0 Å². The molecule has 0 aliphatic carbocycles. The normalized spacial score (nSPS) is 10.1. The fourth-order valence-electron chi connectivity index (χ4n) is 0.912. The van der Waals surface area contributed by atoms with Gasteiger partial charge in [-0.15, -0.1) is 4.37 Å². The Bertz CT molecular complexity index is 446. The van der Waals surface area contributed by atoms with E-state index in [4.69, 9.17) is 16.3 Å². The van der Waals surface area contributed by atoms with Crippen molar-refractivity contribution in [1.82, 2.24) is 13.7 Å². The number of ether oxygens (including phenoxy) is 1. The van der Waals surface area contributed by atoms with Crippen molar-refractivity contribution in [3.63, 3.8) is 0 Å². The van der Waals surface area contributed by atoms with Gasteiger partial charge in [0.15, 0.2) is 5.75 Å². The van der Waals surface area contributed by atoms with Crippen LogP contribution in [0.4, 0.5) is 0 Å². The standard InChI is InChI=1S/C8H6ClN3OS/c1-5-6(3-2-4-10-5)13-8-7(9)11-14-12-8/h2-4H,1H3. The Hall–Kier alpha value is -1.20. The molecule has 2 aromatic rings. The molecule has 0 amide bonds. The first-order valence-electron chi connectivity index (χ1n) is 3.85. The molecule has 2 rings (SSSR count). The summed E-state index contributed by atoms with van der Waals surface area (Å²) in [7, 11) is 0. The molecule has 0 aliphatic rings. The molecule has 0 aromatic carbocycles. The SMILES string of the molecule is Cc1ncccc1Oc1nsnc1Cl. The fraction of sp³-hybridized carbons (Fsp3) is 0.125. The molecule has 0 saturated heterocycles. The third kappa shape index (κ3) is 1.83. The van der Waals surface area contributed by atoms with E-state index in [1.807, 2.05) is 6.92 Å². The predicted molar refractivity (Wildman–Crippen MR) is 54.0 cm³/mol. The number of halogens is 1. The number of hydrogen-bond donors (Lipinski definition) is 0. The third-order valence-electron chi connectivity index (χ3n) is 1.59. The van der Waals surface area contributed by atoms with Crippen LogP contribution in [-0.4, -0.2) is 13.7 Å². The van der Waals surface area contributed by atoms with E-state index in [1.54, 1.807) is 18.3 Å². The number of rotatable bonds is 2. The molecule has 14 heavy (non-hydrogen) atoms. The Kier molecular flexibility index (Phi) is 2.60. The van der Waals surface area contributed by atoms with Crippen LogP contribution >= 0.6 is 23.3 Å². The quantitative estimate of drug-likeness (QED) is 0.792. The summed E-state index contributed by atoms with van der Waals surface area (Å²) < 4.78 is 13.1. The lowest BCUT2D eigenvalue weighted by Crippen LogP contribution is -1.89. The molecule has 2 aromatic heterocycles. The number of hydrogen-bond acceptors (Lipinski definition) is 5. The van der Waals surface area contributed by atoms with Gasteiger partial charge in [0.1, 0.15) is 0 Å². The second kappa shape index (κ2) is 3.89. The maximum atomic E-state index is 5.73. The Morgan fingerprint density at radius 1 is 1.43 bits per heavy atom. The van der Waals surface area contributed by atoms with Gasteiger partial charge in [-0.05, 0) is 19.1 Å². The van der Waals surface area contributed by atoms with Crippen LogP contribution in [0, 0.1) is 6.92 Å². The van der Waals surface area contributed by atoms with Crippen molar-refractivity contribution in [3.8, 4) is 11.6 Å². The Balaban J connectivity index is 2.28. The van der Waals surface area contributed by atoms with Gasteiger partial charge in [-0.25, -0.2) is 0 Å². The molecule has 0 atom stereocenters. The highest BCUT2D eigenvalue weighted by Crippen LogP contribution is 2.27. The molecule has 0 aliphatic heterocycles. The Morgan fingerprint density at radius 2 is 2.29 bits per heavy atom. The van der Waals surface area contributed by atoms with E-state index in [0.29, 0.717) is 11.6 Å². The average Bonchev–Trinajstić information content (AvgIpc) is 2.56. The minimum absolute atomic E-state index is 0.276. The number of pyridine rings is 1. The molecule has 0 N–H and O–H groups in total. The molecule has 4 nitrogen and oxygen atoms in total. The summed E-state index contributed by atoms with van der Waals surface area (Å²) >= 11 is 6.75. The minimum atomic E-state index is 0.276. The van der Waals surface area contributed by atoms with E-state index in [9.17, 15) is 0 Å². The van der Waals surface area contributed by atoms with Crippen molar-refractivity contribution in [2.75, 3.05) is 0 Å². The summed E-state index contributed by atoms with van der Waals surface area (Å²) in [5.41, 5.74) is 0.788. The molecule has 2 heterocycles. The summed E-state index contributed by atoms with van der Waals surface area (Å²) in [6, 6.07) is 3.59. The molecule has 72 valence electrons. The van der Waals surface area contributed by atoms with Crippen molar-refractivity contribution >= 4 is 23.3 Å². The van der Waals surface area contributed by atoms with E-state index >= 15 is 0 Å². The van der Waals surface area contributed by atoms with Gasteiger partial charge in [-0.2, -0.15) is 4.37 Å². The average molecular weight is 228 g/mol. The first kappa shape index (κ1) is 9.36. The van der Waals surface area contributed by atoms with Gasteiger partial charge >= 0.3 is 0 Å². The van der Waals surface area contributed by atoms with E-state index in [1.165, 1.54) is 0 Å². The highest BCUT2D eigenvalue weighted by Gasteiger charge is 2.09. The summed E-state index contributed by atoms with van der Waals surface area (Å²) in [6.07, 6.45) is 1.70. The molecule has 0 fully saturated rings. The predicted octanol–water partition coefficient (Wildman–Crippen LogP) is 2.69. The van der Waals surface area contributed by atoms with Crippen LogP contribution in [0.1, 0.15) is 5.69 Å². The largest absolute Gasteiger partial charge is 0.434 e. The Morgan fingerprint density at radius 3 is 2.93 bits per heavy atom. The van der Waals surface area contributed by atoms with Gasteiger partial charge in [-0.1, -0.05) is 11.6 Å². The van der Waals surface area contributed by atoms with E-state index in [2.05, 4.69) is 13.7 Å². The van der Waals surface area contributed by atoms with Crippen LogP contribution in [0.2, 0.25) is 5.15 Å². The monoisotopic (exact) mass is 227 g/mol. The van der Waals surface area contributed by atoms with Crippen LogP contribution in [0.15, 0.2) is 18.3 Å². The molecular formula is C8H6ClN3OS. The van der Waals surface area contributed by atoms with Crippen LogP contribution in [0.5, 0.6) is 11.6 Å². The summed E-state index contributed by atoms with van der Waals surface area (Å²) in [6.45, 7) is 1.85. The van der Waals surface area contributed by atoms with Crippen LogP contribution in [0.3, 0.4) is 0 Å². The van der Waals surface area contributed by atoms with Crippen molar-refractivity contribution in [2.45, 2.75) is 6.92 Å². The molecule has 0 spiro atoms. The molecule has 0 bridgehead atoms.